The summed E-state index contributed by atoms with van der Waals surface area (Å²) in [6.07, 6.45) is 6.42. The fraction of sp³-hybridized carbons (Fsp3) is 0.882. The third-order valence-electron chi connectivity index (χ3n) is 5.66. The molecule has 4 nitrogen and oxygen atoms in total. The first-order valence-corrected chi connectivity index (χ1v) is 8.63. The highest BCUT2D eigenvalue weighted by molar-refractivity contribution is 5.97. The Morgan fingerprint density at radius 1 is 1.24 bits per heavy atom. The van der Waals surface area contributed by atoms with E-state index in [4.69, 9.17) is 0 Å². The van der Waals surface area contributed by atoms with Gasteiger partial charge in [0.25, 0.3) is 0 Å². The summed E-state index contributed by atoms with van der Waals surface area (Å²) in [5.74, 6) is 2.08. The van der Waals surface area contributed by atoms with Crippen molar-refractivity contribution in [3.8, 4) is 0 Å². The van der Waals surface area contributed by atoms with Crippen molar-refractivity contribution < 1.29 is 9.59 Å². The maximum Gasteiger partial charge on any atom is 0.246 e. The predicted octanol–water partition coefficient (Wildman–Crippen LogP) is 2.33. The van der Waals surface area contributed by atoms with Crippen LogP contribution in [0.15, 0.2) is 0 Å². The van der Waals surface area contributed by atoms with Crippen molar-refractivity contribution in [3.05, 3.63) is 0 Å². The van der Waals surface area contributed by atoms with Gasteiger partial charge in [-0.1, -0.05) is 27.2 Å². The molecule has 1 heterocycles. The summed E-state index contributed by atoms with van der Waals surface area (Å²) >= 11 is 0. The van der Waals surface area contributed by atoms with Crippen LogP contribution in [0.5, 0.6) is 0 Å². The second-order valence-corrected chi connectivity index (χ2v) is 7.60. The molecule has 5 atom stereocenters. The van der Waals surface area contributed by atoms with Gasteiger partial charge in [-0.25, -0.2) is 0 Å². The first kappa shape index (κ1) is 14.9. The average molecular weight is 292 g/mol. The number of hydrogen-bond acceptors (Lipinski definition) is 2. The van der Waals surface area contributed by atoms with Gasteiger partial charge in [-0.15, -0.1) is 0 Å². The summed E-state index contributed by atoms with van der Waals surface area (Å²) in [6.45, 7) is 6.22. The molecule has 2 amide bonds. The number of carbonyl (C=O) groups excluding carboxylic acids is 2. The number of amides is 2. The zero-order valence-electron chi connectivity index (χ0n) is 13.5. The molecule has 3 fully saturated rings. The molecular weight excluding hydrogens is 264 g/mol. The van der Waals surface area contributed by atoms with Crippen molar-refractivity contribution in [3.63, 3.8) is 0 Å². The molecule has 0 aromatic rings. The maximum absolute atomic E-state index is 13.0. The molecule has 3 rings (SSSR count). The highest BCUT2D eigenvalue weighted by Crippen LogP contribution is 2.47. The number of nitrogens with zero attached hydrogens (tertiary/aromatic N) is 1. The van der Waals surface area contributed by atoms with Crippen molar-refractivity contribution >= 4 is 11.8 Å². The number of fused-ring (bicyclic) bond motifs is 2. The van der Waals surface area contributed by atoms with Gasteiger partial charge in [0.05, 0.1) is 0 Å². The van der Waals surface area contributed by atoms with E-state index in [1.807, 2.05) is 11.8 Å². The standard InChI is InChI=1S/C17H28N2O2/c1-4-14-16(20)18-13(7-10(2)3)17(21)19(14)15-9-11-5-6-12(15)8-11/h10-15H,4-9H2,1-3H3,(H,18,20). The van der Waals surface area contributed by atoms with Crippen molar-refractivity contribution in [2.45, 2.75) is 77.4 Å². The largest absolute Gasteiger partial charge is 0.342 e. The van der Waals surface area contributed by atoms with Gasteiger partial charge in [-0.2, -0.15) is 0 Å². The Kier molecular flexibility index (Phi) is 3.98. The monoisotopic (exact) mass is 292 g/mol. The minimum absolute atomic E-state index is 0.0607. The normalized spacial score (nSPS) is 39.2. The summed E-state index contributed by atoms with van der Waals surface area (Å²) in [5.41, 5.74) is 0. The van der Waals surface area contributed by atoms with Gasteiger partial charge in [0.15, 0.2) is 0 Å². The summed E-state index contributed by atoms with van der Waals surface area (Å²) in [4.78, 5) is 27.4. The van der Waals surface area contributed by atoms with Crippen LogP contribution in [-0.2, 0) is 9.59 Å². The van der Waals surface area contributed by atoms with E-state index >= 15 is 0 Å². The van der Waals surface area contributed by atoms with Crippen LogP contribution in [0.25, 0.3) is 0 Å². The second-order valence-electron chi connectivity index (χ2n) is 7.60. The lowest BCUT2D eigenvalue weighted by molar-refractivity contribution is -0.154. The fourth-order valence-corrected chi connectivity index (χ4v) is 4.75. The SMILES string of the molecule is CCC1C(=O)NC(CC(C)C)C(=O)N1C1CC2CCC1C2. The average Bonchev–Trinajstić information content (AvgIpc) is 3.03. The van der Waals surface area contributed by atoms with E-state index in [1.165, 1.54) is 19.3 Å². The Morgan fingerprint density at radius 3 is 2.52 bits per heavy atom. The van der Waals surface area contributed by atoms with E-state index in [-0.39, 0.29) is 23.9 Å². The van der Waals surface area contributed by atoms with Crippen molar-refractivity contribution in [1.82, 2.24) is 10.2 Å². The summed E-state index contributed by atoms with van der Waals surface area (Å²) < 4.78 is 0. The quantitative estimate of drug-likeness (QED) is 0.864. The van der Waals surface area contributed by atoms with Crippen molar-refractivity contribution in [2.24, 2.45) is 17.8 Å². The minimum Gasteiger partial charge on any atom is -0.342 e. The lowest BCUT2D eigenvalue weighted by Crippen LogP contribution is -2.66. The predicted molar refractivity (Wildman–Crippen MR) is 81.5 cm³/mol. The van der Waals surface area contributed by atoms with Gasteiger partial charge in [-0.3, -0.25) is 9.59 Å². The van der Waals surface area contributed by atoms with Crippen LogP contribution in [0, 0.1) is 17.8 Å². The second kappa shape index (κ2) is 5.62. The number of hydrogen-bond donors (Lipinski definition) is 1. The number of nitrogens with one attached hydrogen (secondary N) is 1. The Bertz CT molecular complexity index is 435. The molecular formula is C17H28N2O2. The summed E-state index contributed by atoms with van der Waals surface area (Å²) in [5, 5.41) is 2.97. The zero-order chi connectivity index (χ0) is 15.1. The van der Waals surface area contributed by atoms with Crippen molar-refractivity contribution in [2.75, 3.05) is 0 Å². The molecule has 0 aromatic carbocycles. The number of carbonyl (C=O) groups is 2. The molecule has 118 valence electrons. The number of rotatable bonds is 4. The lowest BCUT2D eigenvalue weighted by atomic mass is 9.89. The molecule has 1 saturated heterocycles. The van der Waals surface area contributed by atoms with Crippen LogP contribution < -0.4 is 5.32 Å². The van der Waals surface area contributed by atoms with Crippen LogP contribution in [0.3, 0.4) is 0 Å². The topological polar surface area (TPSA) is 49.4 Å². The Balaban J connectivity index is 1.82. The fourth-order valence-electron chi connectivity index (χ4n) is 4.75. The minimum atomic E-state index is -0.306. The highest BCUT2D eigenvalue weighted by atomic mass is 16.2. The molecule has 4 heteroatoms. The van der Waals surface area contributed by atoms with Gasteiger partial charge >= 0.3 is 0 Å². The van der Waals surface area contributed by atoms with E-state index in [0.29, 0.717) is 17.9 Å². The highest BCUT2D eigenvalue weighted by Gasteiger charge is 2.50. The van der Waals surface area contributed by atoms with Crippen LogP contribution in [-0.4, -0.2) is 34.8 Å². The van der Waals surface area contributed by atoms with E-state index < -0.39 is 0 Å². The zero-order valence-corrected chi connectivity index (χ0v) is 13.5. The molecule has 1 aliphatic heterocycles. The van der Waals surface area contributed by atoms with Crippen molar-refractivity contribution in [1.29, 1.82) is 0 Å². The first-order valence-electron chi connectivity index (χ1n) is 8.63. The molecule has 0 aromatic heterocycles. The molecule has 0 spiro atoms. The first-order chi connectivity index (χ1) is 10.0. The van der Waals surface area contributed by atoms with Crippen LogP contribution >= 0.6 is 0 Å². The van der Waals surface area contributed by atoms with Gasteiger partial charge in [0, 0.05) is 6.04 Å². The molecule has 2 saturated carbocycles. The van der Waals surface area contributed by atoms with E-state index in [9.17, 15) is 9.59 Å². The summed E-state index contributed by atoms with van der Waals surface area (Å²) in [7, 11) is 0. The maximum atomic E-state index is 13.0. The van der Waals surface area contributed by atoms with Gasteiger partial charge in [0.2, 0.25) is 11.8 Å². The summed E-state index contributed by atoms with van der Waals surface area (Å²) in [6, 6.07) is -0.230. The van der Waals surface area contributed by atoms with Gasteiger partial charge < -0.3 is 10.2 Å². The lowest BCUT2D eigenvalue weighted by Gasteiger charge is -2.45. The van der Waals surface area contributed by atoms with E-state index in [2.05, 4.69) is 19.2 Å². The van der Waals surface area contributed by atoms with Gasteiger partial charge in [0.1, 0.15) is 12.1 Å². The Hall–Kier alpha value is -1.06. The van der Waals surface area contributed by atoms with Crippen LogP contribution in [0.1, 0.15) is 59.3 Å². The molecule has 3 aliphatic rings. The van der Waals surface area contributed by atoms with Crippen LogP contribution in [0.2, 0.25) is 0 Å². The third kappa shape index (κ3) is 2.58. The molecule has 5 unspecified atom stereocenters. The Labute approximate surface area is 127 Å². The molecule has 0 radical (unpaired) electrons. The number of piperazine rings is 1. The molecule has 1 N–H and O–H groups in total. The third-order valence-corrected chi connectivity index (χ3v) is 5.66. The van der Waals surface area contributed by atoms with E-state index in [1.54, 1.807) is 0 Å². The molecule has 2 bridgehead atoms. The Morgan fingerprint density at radius 2 is 2.00 bits per heavy atom. The van der Waals surface area contributed by atoms with Crippen LogP contribution in [0.4, 0.5) is 0 Å². The molecule has 21 heavy (non-hydrogen) atoms. The van der Waals surface area contributed by atoms with E-state index in [0.717, 1.165) is 25.2 Å². The smallest absolute Gasteiger partial charge is 0.246 e. The van der Waals surface area contributed by atoms with Gasteiger partial charge in [-0.05, 0) is 49.9 Å². The molecule has 2 aliphatic carbocycles.